The van der Waals surface area contributed by atoms with Gasteiger partial charge in [-0.25, -0.2) is 0 Å². The number of benzene rings is 3. The van der Waals surface area contributed by atoms with Crippen molar-refractivity contribution in [3.8, 4) is 0 Å². The van der Waals surface area contributed by atoms with Gasteiger partial charge in [0, 0.05) is 33.6 Å². The van der Waals surface area contributed by atoms with Crippen LogP contribution in [0.3, 0.4) is 0 Å². The van der Waals surface area contributed by atoms with Crippen LogP contribution in [-0.2, 0) is 4.79 Å². The first-order valence-corrected chi connectivity index (χ1v) is 10.0. The van der Waals surface area contributed by atoms with Gasteiger partial charge in [0.25, 0.3) is 5.69 Å². The SMILES string of the molecule is O=C(CC(Sc1ccccc1)c1ccc([N+](=O)[O-])cc1)Sc1ccccc1. The summed E-state index contributed by atoms with van der Waals surface area (Å²) < 4.78 is 0. The number of carbonyl (C=O) groups is 1. The van der Waals surface area contributed by atoms with Crippen LogP contribution >= 0.6 is 23.5 Å². The van der Waals surface area contributed by atoms with Crippen LogP contribution in [0.25, 0.3) is 0 Å². The summed E-state index contributed by atoms with van der Waals surface area (Å²) in [4.78, 5) is 25.0. The molecule has 3 aromatic rings. The number of thioether (sulfide) groups is 2. The quantitative estimate of drug-likeness (QED) is 0.273. The summed E-state index contributed by atoms with van der Waals surface area (Å²) in [6.07, 6.45) is 0.330. The van der Waals surface area contributed by atoms with Crippen molar-refractivity contribution in [1.29, 1.82) is 0 Å². The molecule has 0 aliphatic rings. The lowest BCUT2D eigenvalue weighted by Crippen LogP contribution is -2.02. The fourth-order valence-corrected chi connectivity index (χ4v) is 4.60. The molecule has 4 nitrogen and oxygen atoms in total. The Morgan fingerprint density at radius 3 is 1.96 bits per heavy atom. The molecule has 136 valence electrons. The van der Waals surface area contributed by atoms with Crippen LogP contribution in [0.1, 0.15) is 17.2 Å². The van der Waals surface area contributed by atoms with E-state index in [1.165, 1.54) is 23.9 Å². The average Bonchev–Trinajstić information content (AvgIpc) is 2.69. The van der Waals surface area contributed by atoms with E-state index in [0.717, 1.165) is 15.4 Å². The number of nitro benzene ring substituents is 1. The highest BCUT2D eigenvalue weighted by atomic mass is 32.2. The second-order valence-corrected chi connectivity index (χ2v) is 8.17. The van der Waals surface area contributed by atoms with Crippen LogP contribution < -0.4 is 0 Å². The molecule has 3 rings (SSSR count). The fraction of sp³-hybridized carbons (Fsp3) is 0.0952. The van der Waals surface area contributed by atoms with Gasteiger partial charge in [-0.3, -0.25) is 14.9 Å². The second kappa shape index (κ2) is 9.39. The van der Waals surface area contributed by atoms with E-state index in [0.29, 0.717) is 6.42 Å². The Bertz CT molecular complexity index is 900. The zero-order valence-electron chi connectivity index (χ0n) is 14.4. The Labute approximate surface area is 166 Å². The minimum Gasteiger partial charge on any atom is -0.287 e. The Kier molecular flexibility index (Phi) is 6.68. The summed E-state index contributed by atoms with van der Waals surface area (Å²) in [5.41, 5.74) is 0.948. The van der Waals surface area contributed by atoms with Crippen molar-refractivity contribution in [3.63, 3.8) is 0 Å². The molecule has 0 amide bonds. The van der Waals surface area contributed by atoms with Crippen LogP contribution in [-0.4, -0.2) is 10.0 Å². The molecule has 3 aromatic carbocycles. The molecule has 0 saturated heterocycles. The van der Waals surface area contributed by atoms with E-state index < -0.39 is 4.92 Å². The maximum atomic E-state index is 12.6. The number of nitro groups is 1. The molecule has 1 unspecified atom stereocenters. The van der Waals surface area contributed by atoms with Crippen molar-refractivity contribution < 1.29 is 9.72 Å². The predicted molar refractivity (Wildman–Crippen MR) is 110 cm³/mol. The van der Waals surface area contributed by atoms with Gasteiger partial charge in [-0.2, -0.15) is 0 Å². The summed E-state index contributed by atoms with van der Waals surface area (Å²) in [6, 6.07) is 25.8. The molecule has 27 heavy (non-hydrogen) atoms. The highest BCUT2D eigenvalue weighted by Gasteiger charge is 2.19. The van der Waals surface area contributed by atoms with Gasteiger partial charge in [0.15, 0.2) is 5.12 Å². The Balaban J connectivity index is 1.78. The van der Waals surface area contributed by atoms with E-state index in [1.54, 1.807) is 23.9 Å². The first-order chi connectivity index (χ1) is 13.1. The number of hydrogen-bond acceptors (Lipinski definition) is 5. The first kappa shape index (κ1) is 19.2. The van der Waals surface area contributed by atoms with Crippen LogP contribution in [0.15, 0.2) is 94.7 Å². The molecule has 6 heteroatoms. The van der Waals surface area contributed by atoms with Gasteiger partial charge >= 0.3 is 0 Å². The van der Waals surface area contributed by atoms with Gasteiger partial charge in [0.1, 0.15) is 0 Å². The van der Waals surface area contributed by atoms with Crippen molar-refractivity contribution in [2.45, 2.75) is 21.5 Å². The van der Waals surface area contributed by atoms with Gasteiger partial charge in [-0.1, -0.05) is 60.3 Å². The molecule has 0 heterocycles. The number of carbonyl (C=O) groups excluding carboxylic acids is 1. The van der Waals surface area contributed by atoms with Crippen LogP contribution in [0, 0.1) is 10.1 Å². The minimum absolute atomic E-state index is 0.0483. The highest BCUT2D eigenvalue weighted by Crippen LogP contribution is 2.40. The normalized spacial score (nSPS) is 11.7. The number of hydrogen-bond donors (Lipinski definition) is 0. The molecule has 1 atom stereocenters. The third kappa shape index (κ3) is 5.70. The fourth-order valence-electron chi connectivity index (χ4n) is 2.51. The smallest absolute Gasteiger partial charge is 0.269 e. The lowest BCUT2D eigenvalue weighted by atomic mass is 10.1. The lowest BCUT2D eigenvalue weighted by molar-refractivity contribution is -0.384. The number of non-ortho nitro benzene ring substituents is 1. The van der Waals surface area contributed by atoms with Crippen molar-refractivity contribution >= 4 is 34.3 Å². The molecule has 0 fully saturated rings. The van der Waals surface area contributed by atoms with Gasteiger partial charge in [-0.05, 0) is 29.8 Å². The standard InChI is InChI=1S/C21H17NO3S2/c23-21(27-19-9-5-2-6-10-19)15-20(26-18-7-3-1-4-8-18)16-11-13-17(14-12-16)22(24)25/h1-14,20H,15H2. The molecule has 0 saturated carbocycles. The van der Waals surface area contributed by atoms with Gasteiger partial charge in [0.05, 0.1) is 4.92 Å². The third-order valence-corrected chi connectivity index (χ3v) is 5.99. The zero-order valence-corrected chi connectivity index (χ0v) is 16.0. The molecule has 0 aromatic heterocycles. The van der Waals surface area contributed by atoms with Crippen molar-refractivity contribution in [1.82, 2.24) is 0 Å². The molecule has 0 aliphatic carbocycles. The second-order valence-electron chi connectivity index (χ2n) is 5.76. The highest BCUT2D eigenvalue weighted by molar-refractivity contribution is 8.13. The van der Waals surface area contributed by atoms with E-state index in [9.17, 15) is 14.9 Å². The number of rotatable bonds is 7. The van der Waals surface area contributed by atoms with Crippen LogP contribution in [0.2, 0.25) is 0 Å². The minimum atomic E-state index is -0.417. The van der Waals surface area contributed by atoms with Crippen molar-refractivity contribution in [3.05, 3.63) is 101 Å². The lowest BCUT2D eigenvalue weighted by Gasteiger charge is -2.16. The van der Waals surface area contributed by atoms with Gasteiger partial charge in [-0.15, -0.1) is 11.8 Å². The summed E-state index contributed by atoms with van der Waals surface area (Å²) in [6.45, 7) is 0. The molecular formula is C21H17NO3S2. The average molecular weight is 396 g/mol. The van der Waals surface area contributed by atoms with Crippen LogP contribution in [0.4, 0.5) is 5.69 Å². The van der Waals surface area contributed by atoms with E-state index in [1.807, 2.05) is 60.7 Å². The van der Waals surface area contributed by atoms with E-state index in [2.05, 4.69) is 0 Å². The van der Waals surface area contributed by atoms with Crippen molar-refractivity contribution in [2.75, 3.05) is 0 Å². The first-order valence-electron chi connectivity index (χ1n) is 8.33. The molecule has 0 aliphatic heterocycles. The van der Waals surface area contributed by atoms with E-state index in [4.69, 9.17) is 0 Å². The van der Waals surface area contributed by atoms with Gasteiger partial charge < -0.3 is 0 Å². The maximum absolute atomic E-state index is 12.6. The monoisotopic (exact) mass is 395 g/mol. The van der Waals surface area contributed by atoms with Gasteiger partial charge in [0.2, 0.25) is 0 Å². The van der Waals surface area contributed by atoms with Crippen LogP contribution in [0.5, 0.6) is 0 Å². The molecule has 0 bridgehead atoms. The Hall–Kier alpha value is -2.57. The number of nitrogens with zero attached hydrogens (tertiary/aromatic N) is 1. The topological polar surface area (TPSA) is 60.2 Å². The largest absolute Gasteiger partial charge is 0.287 e. The summed E-state index contributed by atoms with van der Waals surface area (Å²) in [5, 5.41) is 10.8. The summed E-state index contributed by atoms with van der Waals surface area (Å²) in [5.74, 6) is 0. The maximum Gasteiger partial charge on any atom is 0.269 e. The van der Waals surface area contributed by atoms with E-state index in [-0.39, 0.29) is 16.1 Å². The molecule has 0 N–H and O–H groups in total. The molecule has 0 radical (unpaired) electrons. The molecule has 0 spiro atoms. The Morgan fingerprint density at radius 2 is 1.41 bits per heavy atom. The third-order valence-electron chi connectivity index (χ3n) is 3.82. The summed E-state index contributed by atoms with van der Waals surface area (Å²) in [7, 11) is 0. The summed E-state index contributed by atoms with van der Waals surface area (Å²) >= 11 is 2.82. The molecular weight excluding hydrogens is 378 g/mol. The van der Waals surface area contributed by atoms with E-state index >= 15 is 0 Å². The van der Waals surface area contributed by atoms with Crippen molar-refractivity contribution in [2.24, 2.45) is 0 Å². The Morgan fingerprint density at radius 1 is 0.852 bits per heavy atom. The predicted octanol–water partition coefficient (Wildman–Crippen LogP) is 6.14. The zero-order chi connectivity index (χ0) is 19.1.